The molecule has 3 aromatic rings. The number of rotatable bonds is 6. The van der Waals surface area contributed by atoms with Crippen molar-refractivity contribution in [1.82, 2.24) is 19.6 Å². The Bertz CT molecular complexity index is 983. The summed E-state index contributed by atoms with van der Waals surface area (Å²) < 4.78 is 16.4. The summed E-state index contributed by atoms with van der Waals surface area (Å²) in [7, 11) is 0. The monoisotopic (exact) mass is 435 g/mol. The smallest absolute Gasteiger partial charge is 0.338 e. The molecule has 3 rings (SSSR count). The fourth-order valence-electron chi connectivity index (χ4n) is 2.34. The fraction of sp³-hybridized carbons (Fsp3) is 0.176. The van der Waals surface area contributed by atoms with E-state index >= 15 is 0 Å². The summed E-state index contributed by atoms with van der Waals surface area (Å²) in [5.41, 5.74) is 0.856. The molecular formula is C17H15BrFN5O3. The van der Waals surface area contributed by atoms with Crippen molar-refractivity contribution < 1.29 is 19.1 Å². The predicted molar refractivity (Wildman–Crippen MR) is 98.0 cm³/mol. The molecule has 1 atom stereocenters. The summed E-state index contributed by atoms with van der Waals surface area (Å²) in [5, 5.41) is 19.8. The quantitative estimate of drug-likeness (QED) is 0.619. The molecule has 2 N–H and O–H groups in total. The topological polar surface area (TPSA) is 102 Å². The standard InChI is InChI=1S/C17H15BrFN5O3/c1-10(24-8-12(6-20-24)17(26)27)16(25)21-15-14(18)9-23(22-15)7-11-2-4-13(19)5-3-11/h2-6,8-10H,7H2,1H3,(H,26,27)(H,21,22,25). The lowest BCUT2D eigenvalue weighted by atomic mass is 10.2. The molecule has 140 valence electrons. The highest BCUT2D eigenvalue weighted by molar-refractivity contribution is 9.10. The van der Waals surface area contributed by atoms with Crippen LogP contribution in [0.25, 0.3) is 0 Å². The fourth-order valence-corrected chi connectivity index (χ4v) is 2.76. The molecule has 1 amide bonds. The van der Waals surface area contributed by atoms with Crippen molar-refractivity contribution >= 4 is 33.6 Å². The van der Waals surface area contributed by atoms with E-state index in [9.17, 15) is 14.0 Å². The van der Waals surface area contributed by atoms with Gasteiger partial charge in [0.25, 0.3) is 0 Å². The van der Waals surface area contributed by atoms with Gasteiger partial charge in [-0.05, 0) is 40.5 Å². The van der Waals surface area contributed by atoms with E-state index in [4.69, 9.17) is 5.11 Å². The van der Waals surface area contributed by atoms with Crippen LogP contribution in [-0.4, -0.2) is 36.5 Å². The van der Waals surface area contributed by atoms with Crippen molar-refractivity contribution in [3.63, 3.8) is 0 Å². The molecule has 27 heavy (non-hydrogen) atoms. The van der Waals surface area contributed by atoms with Crippen LogP contribution >= 0.6 is 15.9 Å². The Labute approximate surface area is 161 Å². The number of anilines is 1. The molecule has 1 unspecified atom stereocenters. The van der Waals surface area contributed by atoms with E-state index in [0.717, 1.165) is 5.56 Å². The van der Waals surface area contributed by atoms with Gasteiger partial charge in [0.15, 0.2) is 5.82 Å². The predicted octanol–water partition coefficient (Wildman–Crippen LogP) is 2.93. The van der Waals surface area contributed by atoms with Gasteiger partial charge in [-0.15, -0.1) is 0 Å². The second kappa shape index (κ2) is 7.70. The molecule has 8 nitrogen and oxygen atoms in total. The molecule has 0 saturated heterocycles. The SMILES string of the molecule is CC(C(=O)Nc1nn(Cc2ccc(F)cc2)cc1Br)n1cc(C(=O)O)cn1. The molecule has 0 aliphatic carbocycles. The highest BCUT2D eigenvalue weighted by Crippen LogP contribution is 2.22. The maximum Gasteiger partial charge on any atom is 0.338 e. The molecule has 0 radical (unpaired) electrons. The second-order valence-corrected chi connectivity index (χ2v) is 6.68. The van der Waals surface area contributed by atoms with E-state index in [1.165, 1.54) is 29.2 Å². The highest BCUT2D eigenvalue weighted by Gasteiger charge is 2.20. The summed E-state index contributed by atoms with van der Waals surface area (Å²) in [5.74, 6) is -1.51. The first kappa shape index (κ1) is 18.8. The lowest BCUT2D eigenvalue weighted by molar-refractivity contribution is -0.119. The number of carbonyl (C=O) groups excluding carboxylic acids is 1. The van der Waals surface area contributed by atoms with E-state index in [2.05, 4.69) is 31.4 Å². The summed E-state index contributed by atoms with van der Waals surface area (Å²) in [6.45, 7) is 2.00. The third-order valence-corrected chi connectivity index (χ3v) is 4.42. The number of aromatic carboxylic acids is 1. The number of hydrogen-bond donors (Lipinski definition) is 2. The van der Waals surface area contributed by atoms with Crippen LogP contribution in [0.3, 0.4) is 0 Å². The number of hydrogen-bond acceptors (Lipinski definition) is 4. The van der Waals surface area contributed by atoms with Crippen molar-refractivity contribution in [3.05, 3.63) is 64.3 Å². The normalized spacial score (nSPS) is 12.0. The Hall–Kier alpha value is -3.01. The molecule has 10 heteroatoms. The Kier molecular flexibility index (Phi) is 5.36. The van der Waals surface area contributed by atoms with E-state index in [0.29, 0.717) is 16.8 Å². The molecule has 0 bridgehead atoms. The number of amides is 1. The van der Waals surface area contributed by atoms with Crippen molar-refractivity contribution in [1.29, 1.82) is 0 Å². The van der Waals surface area contributed by atoms with Gasteiger partial charge in [-0.25, -0.2) is 9.18 Å². The molecule has 0 fully saturated rings. The van der Waals surface area contributed by atoms with E-state index in [1.807, 2.05) is 0 Å². The zero-order chi connectivity index (χ0) is 19.6. The minimum Gasteiger partial charge on any atom is -0.478 e. The first-order valence-corrected chi connectivity index (χ1v) is 8.68. The Morgan fingerprint density at radius 1 is 1.30 bits per heavy atom. The number of carboxylic acids is 1. The van der Waals surface area contributed by atoms with Crippen molar-refractivity contribution in [2.45, 2.75) is 19.5 Å². The minimum absolute atomic E-state index is 0.000550. The number of halogens is 2. The largest absolute Gasteiger partial charge is 0.478 e. The Balaban J connectivity index is 1.69. The van der Waals surface area contributed by atoms with Crippen LogP contribution in [0.5, 0.6) is 0 Å². The maximum absolute atomic E-state index is 13.0. The van der Waals surface area contributed by atoms with Crippen LogP contribution in [0.1, 0.15) is 28.9 Å². The van der Waals surface area contributed by atoms with E-state index in [-0.39, 0.29) is 11.4 Å². The maximum atomic E-state index is 13.0. The average molecular weight is 436 g/mol. The van der Waals surface area contributed by atoms with Gasteiger partial charge in [-0.3, -0.25) is 14.2 Å². The van der Waals surface area contributed by atoms with Crippen LogP contribution in [-0.2, 0) is 11.3 Å². The number of carbonyl (C=O) groups is 2. The number of benzene rings is 1. The molecular weight excluding hydrogens is 421 g/mol. The lowest BCUT2D eigenvalue weighted by Gasteiger charge is -2.11. The second-order valence-electron chi connectivity index (χ2n) is 5.83. The number of nitrogens with zero attached hydrogens (tertiary/aromatic N) is 4. The van der Waals surface area contributed by atoms with Crippen LogP contribution in [0.4, 0.5) is 10.2 Å². The summed E-state index contributed by atoms with van der Waals surface area (Å²) in [6, 6.07) is 5.32. The van der Waals surface area contributed by atoms with Crippen LogP contribution < -0.4 is 5.32 Å². The summed E-state index contributed by atoms with van der Waals surface area (Å²) in [6.07, 6.45) is 4.16. The third-order valence-electron chi connectivity index (χ3n) is 3.84. The molecule has 1 aromatic carbocycles. The van der Waals surface area contributed by atoms with Gasteiger partial charge in [0.05, 0.1) is 22.8 Å². The molecule has 0 saturated carbocycles. The molecule has 0 spiro atoms. The molecule has 0 aliphatic heterocycles. The average Bonchev–Trinajstić information content (AvgIpc) is 3.24. The van der Waals surface area contributed by atoms with Crippen LogP contribution in [0.15, 0.2) is 47.3 Å². The van der Waals surface area contributed by atoms with Gasteiger partial charge >= 0.3 is 5.97 Å². The van der Waals surface area contributed by atoms with Gasteiger partial charge < -0.3 is 10.4 Å². The number of carboxylic acid groups (broad SMARTS) is 1. The minimum atomic E-state index is -1.11. The van der Waals surface area contributed by atoms with Crippen molar-refractivity contribution in [2.24, 2.45) is 0 Å². The third kappa shape index (κ3) is 4.40. The van der Waals surface area contributed by atoms with Gasteiger partial charge in [0.2, 0.25) is 5.91 Å². The van der Waals surface area contributed by atoms with Crippen LogP contribution in [0.2, 0.25) is 0 Å². The number of nitrogens with one attached hydrogen (secondary N) is 1. The molecule has 2 aromatic heterocycles. The first-order valence-electron chi connectivity index (χ1n) is 7.89. The lowest BCUT2D eigenvalue weighted by Crippen LogP contribution is -2.24. The van der Waals surface area contributed by atoms with Gasteiger partial charge in [-0.1, -0.05) is 12.1 Å². The first-order chi connectivity index (χ1) is 12.8. The molecule has 0 aliphatic rings. The van der Waals surface area contributed by atoms with E-state index in [1.54, 1.807) is 29.9 Å². The summed E-state index contributed by atoms with van der Waals surface area (Å²) in [4.78, 5) is 23.3. The summed E-state index contributed by atoms with van der Waals surface area (Å²) >= 11 is 3.34. The Morgan fingerprint density at radius 3 is 2.63 bits per heavy atom. The highest BCUT2D eigenvalue weighted by atomic mass is 79.9. The Morgan fingerprint density at radius 2 is 2.00 bits per heavy atom. The zero-order valence-corrected chi connectivity index (χ0v) is 15.7. The van der Waals surface area contributed by atoms with E-state index < -0.39 is 17.9 Å². The van der Waals surface area contributed by atoms with Gasteiger partial charge in [0, 0.05) is 12.4 Å². The zero-order valence-electron chi connectivity index (χ0n) is 14.1. The number of aromatic nitrogens is 4. The van der Waals surface area contributed by atoms with Crippen molar-refractivity contribution in [2.75, 3.05) is 5.32 Å². The van der Waals surface area contributed by atoms with Crippen LogP contribution in [0, 0.1) is 5.82 Å². The van der Waals surface area contributed by atoms with Gasteiger partial charge in [-0.2, -0.15) is 10.2 Å². The molecule has 2 heterocycles. The van der Waals surface area contributed by atoms with Crippen molar-refractivity contribution in [3.8, 4) is 0 Å². The van der Waals surface area contributed by atoms with Gasteiger partial charge in [0.1, 0.15) is 11.9 Å².